The van der Waals surface area contributed by atoms with E-state index in [1.54, 1.807) is 17.0 Å². The smallest absolute Gasteiger partial charge is 0.200 e. The Morgan fingerprint density at radius 1 is 0.150 bits per heavy atom. The molecule has 714 valence electrons. The molecule has 0 saturated carbocycles. The molecule has 0 radical (unpaired) electrons. The Labute approximate surface area is 838 Å². The summed E-state index contributed by atoms with van der Waals surface area (Å²) in [6.07, 6.45) is 0. The van der Waals surface area contributed by atoms with E-state index >= 15 is 0 Å². The summed E-state index contributed by atoms with van der Waals surface area (Å²) in [5, 5.41) is 7.02. The number of para-hydroxylation sites is 4. The van der Waals surface area contributed by atoms with Crippen molar-refractivity contribution in [3.05, 3.63) is 541 Å². The number of hydrogen-bond donors (Lipinski definition) is 0. The number of halogens is 12. The van der Waals surface area contributed by atoms with E-state index in [9.17, 15) is 52.7 Å². The standard InChI is InChI=1S/C49H26F10N2.C43H31FN2.C37H27FN2/c1-25-7-21-34-35-24-29(14-22-36(35)61(37(34)23-25)30-5-3-2-4-6-30)26-8-15-31(16-9-26)60(32-17-10-27(11-18-32)38-40(50)44(54)48(58)45(55)41(38)51)33-19-12-28(13-20-33)39-42(52)46(56)49(59)47(57)43(39)53;1-30-12-26-40-41-29-34(17-27-42(41)46(43(40)28-30)36-10-6-3-7-11-36)33-15-22-38(23-16-33)45(39-24-18-35(44)19-25-39)37-20-13-32(14-21-37)31-8-4-2-5-9-31;1-26-12-22-34-35-25-28(15-23-36(35)40(37(34)24-26)31-10-6-3-7-11-31)27-13-18-32(19-14-27)39(30-8-4-2-5-9-30)33-20-16-29(38)17-21-33/h2-24H,1H3;2-29H,1H3;2-25H,1H3. The highest BCUT2D eigenvalue weighted by atomic mass is 19.2. The van der Waals surface area contributed by atoms with Gasteiger partial charge >= 0.3 is 0 Å². The molecule has 0 fully saturated rings. The molecular weight excluding hydrogens is 1860 g/mol. The van der Waals surface area contributed by atoms with Crippen molar-refractivity contribution in [2.75, 3.05) is 14.7 Å². The number of fused-ring (bicyclic) bond motifs is 9. The van der Waals surface area contributed by atoms with Gasteiger partial charge in [0.05, 0.1) is 44.2 Å². The fourth-order valence-corrected chi connectivity index (χ4v) is 19.7. The summed E-state index contributed by atoms with van der Waals surface area (Å²) in [4.78, 5) is 5.91. The molecule has 147 heavy (non-hydrogen) atoms. The lowest BCUT2D eigenvalue weighted by molar-refractivity contribution is 0.381. The lowest BCUT2D eigenvalue weighted by Crippen LogP contribution is -2.10. The number of aryl methyl sites for hydroxylation is 3. The predicted octanol–water partition coefficient (Wildman–Crippen LogP) is 37.4. The van der Waals surface area contributed by atoms with E-state index < -0.39 is 69.3 Å². The van der Waals surface area contributed by atoms with Crippen LogP contribution in [-0.2, 0) is 0 Å². The Bertz CT molecular complexity index is 8900. The van der Waals surface area contributed by atoms with Crippen molar-refractivity contribution in [1.29, 1.82) is 0 Å². The van der Waals surface area contributed by atoms with Crippen LogP contribution in [0.3, 0.4) is 0 Å². The maximum atomic E-state index is 14.8. The number of nitrogens with zero attached hydrogens (tertiary/aromatic N) is 6. The summed E-state index contributed by atoms with van der Waals surface area (Å²) in [6.45, 7) is 6.32. The molecule has 21 aromatic carbocycles. The summed E-state index contributed by atoms with van der Waals surface area (Å²) in [5.41, 5.74) is 26.4. The van der Waals surface area contributed by atoms with Crippen LogP contribution in [0.5, 0.6) is 0 Å². The lowest BCUT2D eigenvalue weighted by atomic mass is 10.0. The van der Waals surface area contributed by atoms with Gasteiger partial charge in [-0.2, -0.15) is 0 Å². The third kappa shape index (κ3) is 17.9. The van der Waals surface area contributed by atoms with Crippen LogP contribution in [0.4, 0.5) is 104 Å². The van der Waals surface area contributed by atoms with E-state index in [-0.39, 0.29) is 22.8 Å². The van der Waals surface area contributed by atoms with Gasteiger partial charge in [0.25, 0.3) is 0 Å². The van der Waals surface area contributed by atoms with Gasteiger partial charge in [-0.3, -0.25) is 0 Å². The quantitative estimate of drug-likeness (QED) is 0.0486. The van der Waals surface area contributed by atoms with Gasteiger partial charge in [0, 0.05) is 101 Å². The minimum absolute atomic E-state index is 0.244. The highest BCUT2D eigenvalue weighted by Crippen LogP contribution is 2.47. The van der Waals surface area contributed by atoms with E-state index in [2.05, 4.69) is 304 Å². The van der Waals surface area contributed by atoms with Gasteiger partial charge in [-0.25, -0.2) is 52.7 Å². The van der Waals surface area contributed by atoms with Gasteiger partial charge in [-0.05, 0) is 318 Å². The molecule has 3 heterocycles. The highest BCUT2D eigenvalue weighted by Gasteiger charge is 2.31. The Balaban J connectivity index is 0.000000128. The maximum Gasteiger partial charge on any atom is 0.200 e. The van der Waals surface area contributed by atoms with Crippen LogP contribution in [0.1, 0.15) is 16.7 Å². The second kappa shape index (κ2) is 39.5. The van der Waals surface area contributed by atoms with E-state index in [1.807, 2.05) is 110 Å². The molecule has 0 N–H and O–H groups in total. The van der Waals surface area contributed by atoms with Gasteiger partial charge in [-0.1, -0.05) is 231 Å². The molecule has 6 nitrogen and oxygen atoms in total. The number of hydrogen-bond acceptors (Lipinski definition) is 3. The molecule has 0 unspecified atom stereocenters. The van der Waals surface area contributed by atoms with Crippen LogP contribution in [0.2, 0.25) is 0 Å². The molecule has 0 aliphatic carbocycles. The van der Waals surface area contributed by atoms with Crippen molar-refractivity contribution in [2.24, 2.45) is 0 Å². The molecular formula is C129H84F12N6. The number of aromatic nitrogens is 3. The third-order valence-corrected chi connectivity index (χ3v) is 26.8. The molecule has 0 bridgehead atoms. The molecule has 18 heteroatoms. The van der Waals surface area contributed by atoms with Gasteiger partial charge in [0.2, 0.25) is 11.6 Å². The summed E-state index contributed by atoms with van der Waals surface area (Å²) >= 11 is 0. The molecule has 3 aromatic heterocycles. The van der Waals surface area contributed by atoms with Crippen molar-refractivity contribution in [3.8, 4) is 83.8 Å². The summed E-state index contributed by atoms with van der Waals surface area (Å²) in [6, 6.07) is 147. The van der Waals surface area contributed by atoms with Crippen LogP contribution < -0.4 is 14.7 Å². The molecule has 0 aliphatic rings. The largest absolute Gasteiger partial charge is 0.311 e. The zero-order valence-electron chi connectivity index (χ0n) is 79.0. The second-order valence-electron chi connectivity index (χ2n) is 36.1. The fourth-order valence-electron chi connectivity index (χ4n) is 19.7. The monoisotopic (exact) mass is 1940 g/mol. The minimum Gasteiger partial charge on any atom is -0.311 e. The summed E-state index contributed by atoms with van der Waals surface area (Å²) < 4.78 is 178. The zero-order chi connectivity index (χ0) is 101. The first kappa shape index (κ1) is 93.5. The molecule has 24 aromatic rings. The molecule has 24 rings (SSSR count). The Morgan fingerprint density at radius 2 is 0.347 bits per heavy atom. The van der Waals surface area contributed by atoms with Crippen LogP contribution in [0, 0.1) is 90.6 Å². The zero-order valence-corrected chi connectivity index (χ0v) is 79.0. The molecule has 0 amide bonds. The van der Waals surface area contributed by atoms with Crippen LogP contribution in [0.25, 0.3) is 149 Å². The summed E-state index contributed by atoms with van der Waals surface area (Å²) in [7, 11) is 0. The molecule has 0 aliphatic heterocycles. The van der Waals surface area contributed by atoms with E-state index in [0.717, 1.165) is 136 Å². The number of benzene rings is 21. The van der Waals surface area contributed by atoms with Crippen molar-refractivity contribution >= 4 is 117 Å². The maximum absolute atomic E-state index is 14.8. The van der Waals surface area contributed by atoms with Crippen LogP contribution >= 0.6 is 0 Å². The van der Waals surface area contributed by atoms with E-state index in [0.29, 0.717) is 17.1 Å². The predicted molar refractivity (Wildman–Crippen MR) is 573 cm³/mol. The average Bonchev–Trinajstić information content (AvgIpc) is 1.59. The molecule has 0 spiro atoms. The first-order valence-electron chi connectivity index (χ1n) is 47.6. The first-order valence-corrected chi connectivity index (χ1v) is 47.6. The van der Waals surface area contributed by atoms with Gasteiger partial charge in [0.15, 0.2) is 46.5 Å². The topological polar surface area (TPSA) is 24.5 Å². The van der Waals surface area contributed by atoms with Gasteiger partial charge in [-0.15, -0.1) is 0 Å². The van der Waals surface area contributed by atoms with Crippen molar-refractivity contribution in [3.63, 3.8) is 0 Å². The highest BCUT2D eigenvalue weighted by molar-refractivity contribution is 6.13. The average molecular weight is 1950 g/mol. The van der Waals surface area contributed by atoms with E-state index in [1.165, 1.54) is 114 Å². The Kier molecular flexibility index (Phi) is 25.1. The van der Waals surface area contributed by atoms with Gasteiger partial charge < -0.3 is 28.4 Å². The van der Waals surface area contributed by atoms with Crippen LogP contribution in [-0.4, -0.2) is 13.7 Å². The lowest BCUT2D eigenvalue weighted by Gasteiger charge is -2.26. The minimum atomic E-state index is -2.30. The first-order chi connectivity index (χ1) is 71.6. The van der Waals surface area contributed by atoms with Crippen molar-refractivity contribution in [1.82, 2.24) is 13.7 Å². The number of anilines is 9. The molecule has 0 atom stereocenters. The second-order valence-corrected chi connectivity index (χ2v) is 36.1. The Morgan fingerprint density at radius 3 is 0.605 bits per heavy atom. The van der Waals surface area contributed by atoms with Gasteiger partial charge in [0.1, 0.15) is 11.6 Å². The van der Waals surface area contributed by atoms with Crippen molar-refractivity contribution in [2.45, 2.75) is 20.8 Å². The molecule has 0 saturated heterocycles. The number of rotatable bonds is 18. The normalized spacial score (nSPS) is 11.4. The Hall–Kier alpha value is -18.4. The van der Waals surface area contributed by atoms with E-state index in [4.69, 9.17) is 0 Å². The SMILES string of the molecule is Cc1ccc2c3cc(-c4ccc(N(c5ccc(-c6c(F)c(F)c(F)c(F)c6F)cc5)c5ccc(-c6c(F)c(F)c(F)c(F)c6F)cc5)cc4)ccc3n(-c3ccccc3)c2c1.Cc1ccc2c3cc(-c4ccc(N(c5ccc(F)cc5)c5ccc(-c6ccccc6)cc5)cc4)ccc3n(-c3ccccc3)c2c1.Cc1ccc2c3cc(-c4ccc(N(c5ccccc5)c5ccc(F)cc5)cc4)ccc3n(-c3ccccc3)c2c1. The fraction of sp³-hybridized carbons (Fsp3) is 0.0233. The van der Waals surface area contributed by atoms with Crippen molar-refractivity contribution < 1.29 is 52.7 Å². The van der Waals surface area contributed by atoms with Crippen LogP contribution in [0.15, 0.2) is 455 Å². The summed E-state index contributed by atoms with van der Waals surface area (Å²) in [5.74, 6) is -21.6. The third-order valence-electron chi connectivity index (χ3n) is 26.8.